The molecule has 3 nitrogen and oxygen atoms in total. The van der Waals surface area contributed by atoms with E-state index in [0.29, 0.717) is 6.42 Å². The molecule has 156 valence electrons. The van der Waals surface area contributed by atoms with Gasteiger partial charge in [0.15, 0.2) is 0 Å². The monoisotopic (exact) mass is 385 g/mol. The Bertz CT molecular complexity index is 702. The molecule has 0 aromatic heterocycles. The van der Waals surface area contributed by atoms with E-state index in [0.717, 1.165) is 37.7 Å². The Morgan fingerprint density at radius 3 is 2.11 bits per heavy atom. The van der Waals surface area contributed by atoms with Crippen LogP contribution in [0.5, 0.6) is 0 Å². The summed E-state index contributed by atoms with van der Waals surface area (Å²) in [5, 5.41) is 0. The molecule has 0 aliphatic heterocycles. The Morgan fingerprint density at radius 1 is 0.929 bits per heavy atom. The lowest BCUT2D eigenvalue weighted by atomic mass is 9.62. The minimum Gasteiger partial charge on any atom is -0.369 e. The minimum atomic E-state index is -0.818. The molecule has 1 aliphatic carbocycles. The summed E-state index contributed by atoms with van der Waals surface area (Å²) < 4.78 is 0. The molecular formula is C25H39NO2. The fourth-order valence-corrected chi connectivity index (χ4v) is 4.52. The van der Waals surface area contributed by atoms with Gasteiger partial charge in [-0.15, -0.1) is 0 Å². The molecule has 1 atom stereocenters. The molecule has 0 bridgehead atoms. The van der Waals surface area contributed by atoms with Crippen LogP contribution in [-0.4, -0.2) is 11.7 Å². The van der Waals surface area contributed by atoms with Crippen LogP contribution < -0.4 is 5.73 Å². The van der Waals surface area contributed by atoms with E-state index in [4.69, 9.17) is 5.73 Å². The Morgan fingerprint density at radius 2 is 1.50 bits per heavy atom. The number of carbonyl (C=O) groups is 2. The molecule has 0 radical (unpaired) electrons. The number of amides is 1. The molecule has 0 saturated carbocycles. The molecule has 0 spiro atoms. The Kier molecular flexibility index (Phi) is 7.47. The quantitative estimate of drug-likeness (QED) is 0.401. The summed E-state index contributed by atoms with van der Waals surface area (Å²) in [6, 6.07) is 6.17. The van der Waals surface area contributed by atoms with Crippen LogP contribution in [-0.2, 0) is 20.4 Å². The average molecular weight is 386 g/mol. The van der Waals surface area contributed by atoms with Gasteiger partial charge in [0.1, 0.15) is 11.7 Å². The van der Waals surface area contributed by atoms with Gasteiger partial charge in [-0.25, -0.2) is 0 Å². The van der Waals surface area contributed by atoms with E-state index in [-0.39, 0.29) is 16.6 Å². The summed E-state index contributed by atoms with van der Waals surface area (Å²) in [5.74, 6) is -1.37. The molecule has 0 heterocycles. The molecule has 1 unspecified atom stereocenters. The molecule has 0 saturated heterocycles. The van der Waals surface area contributed by atoms with Gasteiger partial charge in [-0.1, -0.05) is 84.9 Å². The highest BCUT2D eigenvalue weighted by Crippen LogP contribution is 2.46. The van der Waals surface area contributed by atoms with Crippen molar-refractivity contribution >= 4 is 11.7 Å². The van der Waals surface area contributed by atoms with Crippen molar-refractivity contribution in [3.05, 3.63) is 34.9 Å². The van der Waals surface area contributed by atoms with E-state index in [2.05, 4.69) is 46.8 Å². The Labute approximate surface area is 171 Å². The van der Waals surface area contributed by atoms with Gasteiger partial charge in [0, 0.05) is 6.42 Å². The number of nitrogens with two attached hydrogens (primary N) is 1. The van der Waals surface area contributed by atoms with Crippen molar-refractivity contribution in [2.75, 3.05) is 0 Å². The van der Waals surface area contributed by atoms with Gasteiger partial charge >= 0.3 is 0 Å². The van der Waals surface area contributed by atoms with Gasteiger partial charge in [-0.05, 0) is 46.8 Å². The predicted molar refractivity (Wildman–Crippen MR) is 117 cm³/mol. The average Bonchev–Trinajstić information content (AvgIpc) is 2.62. The first-order valence-electron chi connectivity index (χ1n) is 11.1. The van der Waals surface area contributed by atoms with Gasteiger partial charge in [0.25, 0.3) is 0 Å². The molecule has 28 heavy (non-hydrogen) atoms. The SMILES string of the molecule is CCCCCCCCC(=O)C(C(N)=O)c1ccc2c(c1)C(C)(C)CCC2(C)C. The Balaban J connectivity index is 2.18. The van der Waals surface area contributed by atoms with Crippen molar-refractivity contribution in [1.29, 1.82) is 0 Å². The van der Waals surface area contributed by atoms with Crippen LogP contribution in [0.2, 0.25) is 0 Å². The van der Waals surface area contributed by atoms with Crippen molar-refractivity contribution in [3.63, 3.8) is 0 Å². The number of fused-ring (bicyclic) bond motifs is 1. The number of unbranched alkanes of at least 4 members (excludes halogenated alkanes) is 5. The van der Waals surface area contributed by atoms with Gasteiger partial charge in [-0.2, -0.15) is 0 Å². The summed E-state index contributed by atoms with van der Waals surface area (Å²) in [7, 11) is 0. The van der Waals surface area contributed by atoms with E-state index in [9.17, 15) is 9.59 Å². The van der Waals surface area contributed by atoms with Gasteiger partial charge in [0.05, 0.1) is 0 Å². The fourth-order valence-electron chi connectivity index (χ4n) is 4.52. The standard InChI is InChI=1S/C25H39NO2/c1-6-7-8-9-10-11-12-21(27)22(23(26)28)18-13-14-19-20(17-18)25(4,5)16-15-24(19,2)3/h13-14,17,22H,6-12,15-16H2,1-5H3,(H2,26,28). The highest BCUT2D eigenvalue weighted by molar-refractivity contribution is 6.06. The number of Topliss-reactive ketones (excluding diaryl/α,β-unsaturated/α-hetero) is 1. The zero-order chi connectivity index (χ0) is 20.9. The van der Waals surface area contributed by atoms with Gasteiger partial charge < -0.3 is 5.73 Å². The van der Waals surface area contributed by atoms with E-state index in [1.54, 1.807) is 0 Å². The molecular weight excluding hydrogens is 346 g/mol. The Hall–Kier alpha value is -1.64. The summed E-state index contributed by atoms with van der Waals surface area (Å²) in [6.45, 7) is 11.2. The normalized spacial score (nSPS) is 18.3. The van der Waals surface area contributed by atoms with Gasteiger partial charge in [0.2, 0.25) is 5.91 Å². The zero-order valence-corrected chi connectivity index (χ0v) is 18.6. The highest BCUT2D eigenvalue weighted by atomic mass is 16.2. The number of benzene rings is 1. The van der Waals surface area contributed by atoms with Crippen LogP contribution >= 0.6 is 0 Å². The second-order valence-corrected chi connectivity index (χ2v) is 9.89. The maximum atomic E-state index is 12.8. The second-order valence-electron chi connectivity index (χ2n) is 9.89. The third-order valence-electron chi connectivity index (χ3n) is 6.59. The lowest BCUT2D eigenvalue weighted by Gasteiger charge is -2.42. The summed E-state index contributed by atoms with van der Waals surface area (Å²) in [6.07, 6.45) is 9.41. The fraction of sp³-hybridized carbons (Fsp3) is 0.680. The topological polar surface area (TPSA) is 60.2 Å². The molecule has 1 aliphatic rings. The van der Waals surface area contributed by atoms with Crippen LogP contribution in [0.3, 0.4) is 0 Å². The number of primary amides is 1. The first-order valence-corrected chi connectivity index (χ1v) is 11.1. The van der Waals surface area contributed by atoms with Crippen molar-refractivity contribution in [2.24, 2.45) is 5.73 Å². The van der Waals surface area contributed by atoms with Crippen molar-refractivity contribution in [1.82, 2.24) is 0 Å². The molecule has 1 aromatic carbocycles. The summed E-state index contributed by atoms with van der Waals surface area (Å²) in [4.78, 5) is 25.0. The molecule has 1 amide bonds. The molecule has 1 aromatic rings. The number of carbonyl (C=O) groups excluding carboxylic acids is 2. The van der Waals surface area contributed by atoms with Crippen molar-refractivity contribution in [2.45, 2.75) is 109 Å². The summed E-state index contributed by atoms with van der Waals surface area (Å²) in [5.41, 5.74) is 9.21. The molecule has 0 fully saturated rings. The maximum Gasteiger partial charge on any atom is 0.232 e. The number of ketones is 1. The molecule has 2 N–H and O–H groups in total. The van der Waals surface area contributed by atoms with Crippen molar-refractivity contribution < 1.29 is 9.59 Å². The highest BCUT2D eigenvalue weighted by Gasteiger charge is 2.38. The smallest absolute Gasteiger partial charge is 0.232 e. The second kappa shape index (κ2) is 9.24. The zero-order valence-electron chi connectivity index (χ0n) is 18.6. The molecule has 3 heteroatoms. The first kappa shape index (κ1) is 22.6. The van der Waals surface area contributed by atoms with E-state index in [1.807, 2.05) is 6.07 Å². The van der Waals surface area contributed by atoms with E-state index >= 15 is 0 Å². The maximum absolute atomic E-state index is 12.8. The van der Waals surface area contributed by atoms with Crippen LogP contribution in [0.15, 0.2) is 18.2 Å². The molecule has 2 rings (SSSR count). The number of hydrogen-bond donors (Lipinski definition) is 1. The van der Waals surface area contributed by atoms with Crippen LogP contribution in [0.4, 0.5) is 0 Å². The number of hydrogen-bond acceptors (Lipinski definition) is 2. The van der Waals surface area contributed by atoms with E-state index < -0.39 is 11.8 Å². The first-order chi connectivity index (χ1) is 13.1. The minimum absolute atomic E-state index is 0.0317. The van der Waals surface area contributed by atoms with Gasteiger partial charge in [-0.3, -0.25) is 9.59 Å². The third kappa shape index (κ3) is 5.24. The van der Waals surface area contributed by atoms with Crippen LogP contribution in [0, 0.1) is 0 Å². The summed E-state index contributed by atoms with van der Waals surface area (Å²) >= 11 is 0. The van der Waals surface area contributed by atoms with Crippen LogP contribution in [0.25, 0.3) is 0 Å². The number of rotatable bonds is 10. The van der Waals surface area contributed by atoms with Crippen molar-refractivity contribution in [3.8, 4) is 0 Å². The predicted octanol–water partition coefficient (Wildman–Crippen LogP) is 5.92. The van der Waals surface area contributed by atoms with E-state index in [1.165, 1.54) is 30.4 Å². The lowest BCUT2D eigenvalue weighted by molar-refractivity contribution is -0.128. The van der Waals surface area contributed by atoms with Crippen LogP contribution in [0.1, 0.15) is 115 Å². The lowest BCUT2D eigenvalue weighted by Crippen LogP contribution is -2.35. The third-order valence-corrected chi connectivity index (χ3v) is 6.59. The largest absolute Gasteiger partial charge is 0.369 e.